The van der Waals surface area contributed by atoms with Gasteiger partial charge in [0.2, 0.25) is 11.8 Å². The van der Waals surface area contributed by atoms with E-state index in [4.69, 9.17) is 34.8 Å². The highest BCUT2D eigenvalue weighted by atomic mass is 35.5. The van der Waals surface area contributed by atoms with E-state index in [0.717, 1.165) is 21.0 Å². The molecule has 0 fully saturated rings. The molecular weight excluding hydrogens is 677 g/mol. The van der Waals surface area contributed by atoms with Crippen LogP contribution in [0, 0.1) is 13.8 Å². The maximum Gasteiger partial charge on any atom is 0.264 e. The Labute approximate surface area is 292 Å². The molecule has 11 heteroatoms. The van der Waals surface area contributed by atoms with Gasteiger partial charge in [0.25, 0.3) is 10.0 Å². The number of anilines is 1. The van der Waals surface area contributed by atoms with E-state index >= 15 is 0 Å². The molecule has 248 valence electrons. The molecule has 1 N–H and O–H groups in total. The minimum absolute atomic E-state index is 0.00948. The molecule has 0 saturated heterocycles. The number of nitrogens with zero attached hydrogens (tertiary/aromatic N) is 2. The predicted octanol–water partition coefficient (Wildman–Crippen LogP) is 8.01. The van der Waals surface area contributed by atoms with Gasteiger partial charge in [0.15, 0.2) is 0 Å². The molecule has 2 amide bonds. The van der Waals surface area contributed by atoms with Crippen molar-refractivity contribution in [2.45, 2.75) is 64.1 Å². The van der Waals surface area contributed by atoms with Crippen LogP contribution in [0.15, 0.2) is 95.9 Å². The number of sulfonamides is 1. The zero-order valence-electron chi connectivity index (χ0n) is 26.7. The molecule has 47 heavy (non-hydrogen) atoms. The lowest BCUT2D eigenvalue weighted by molar-refractivity contribution is -0.140. The second kappa shape index (κ2) is 16.0. The standard InChI is InChI=1S/C36H38Cl3N3O4S/c1-5-26(4)40-36(44)34(19-27-9-7-6-8-10-27)41(22-28-14-15-29(37)20-33(28)39)35(43)23-42(30-16-13-25(3)32(38)21-30)47(45,46)31-17-11-24(2)12-18-31/h6-18,20-21,26,34H,5,19,22-23H2,1-4H3,(H,40,44)/t26-,34+/m0/s1. The fraction of sp³-hybridized carbons (Fsp3) is 0.278. The number of carbonyl (C=O) groups excluding carboxylic acids is 2. The third-order valence-electron chi connectivity index (χ3n) is 7.96. The fourth-order valence-corrected chi connectivity index (χ4v) is 6.98. The molecule has 0 bridgehead atoms. The first kappa shape index (κ1) is 36.3. The molecule has 7 nitrogen and oxygen atoms in total. The third kappa shape index (κ3) is 9.29. The van der Waals surface area contributed by atoms with Crippen LogP contribution < -0.4 is 9.62 Å². The van der Waals surface area contributed by atoms with Crippen molar-refractivity contribution >= 4 is 62.3 Å². The van der Waals surface area contributed by atoms with Crippen LogP contribution in [0.4, 0.5) is 5.69 Å². The molecule has 0 aliphatic heterocycles. The molecule has 0 aliphatic rings. The molecule has 0 aromatic heterocycles. The second-order valence-electron chi connectivity index (χ2n) is 11.5. The van der Waals surface area contributed by atoms with E-state index in [9.17, 15) is 18.0 Å². The van der Waals surface area contributed by atoms with Gasteiger partial charge >= 0.3 is 0 Å². The van der Waals surface area contributed by atoms with Crippen molar-refractivity contribution < 1.29 is 18.0 Å². The number of aryl methyl sites for hydroxylation is 2. The lowest BCUT2D eigenvalue weighted by Gasteiger charge is -2.34. The van der Waals surface area contributed by atoms with Gasteiger partial charge in [-0.25, -0.2) is 8.42 Å². The van der Waals surface area contributed by atoms with Crippen LogP contribution in [0.1, 0.15) is 42.5 Å². The zero-order chi connectivity index (χ0) is 34.3. The quantitative estimate of drug-likeness (QED) is 0.152. The average Bonchev–Trinajstić information content (AvgIpc) is 3.04. The number of nitrogens with one attached hydrogen (secondary N) is 1. The summed E-state index contributed by atoms with van der Waals surface area (Å²) in [6.07, 6.45) is 0.860. The van der Waals surface area contributed by atoms with E-state index in [1.165, 1.54) is 23.1 Å². The van der Waals surface area contributed by atoms with Gasteiger partial charge in [-0.05, 0) is 80.3 Å². The molecule has 4 aromatic carbocycles. The van der Waals surface area contributed by atoms with E-state index in [-0.39, 0.29) is 35.5 Å². The molecule has 0 aliphatic carbocycles. The highest BCUT2D eigenvalue weighted by Crippen LogP contribution is 2.30. The smallest absolute Gasteiger partial charge is 0.264 e. The monoisotopic (exact) mass is 713 g/mol. The van der Waals surface area contributed by atoms with Crippen molar-refractivity contribution in [3.8, 4) is 0 Å². The minimum atomic E-state index is -4.26. The molecule has 0 saturated carbocycles. The van der Waals surface area contributed by atoms with Crippen LogP contribution in [0.5, 0.6) is 0 Å². The van der Waals surface area contributed by atoms with Gasteiger partial charge in [0.05, 0.1) is 10.6 Å². The first-order valence-electron chi connectivity index (χ1n) is 15.2. The topological polar surface area (TPSA) is 86.8 Å². The summed E-state index contributed by atoms with van der Waals surface area (Å²) in [6.45, 7) is 6.81. The Kier molecular flexibility index (Phi) is 12.4. The lowest BCUT2D eigenvalue weighted by atomic mass is 10.0. The van der Waals surface area contributed by atoms with Crippen LogP contribution in [-0.2, 0) is 32.6 Å². The molecule has 0 radical (unpaired) electrons. The van der Waals surface area contributed by atoms with E-state index < -0.39 is 28.5 Å². The number of hydrogen-bond donors (Lipinski definition) is 1. The summed E-state index contributed by atoms with van der Waals surface area (Å²) in [6, 6.07) is 24.3. The molecule has 0 spiro atoms. The Morgan fingerprint density at radius 3 is 2.15 bits per heavy atom. The first-order valence-corrected chi connectivity index (χ1v) is 17.8. The predicted molar refractivity (Wildman–Crippen MR) is 191 cm³/mol. The zero-order valence-corrected chi connectivity index (χ0v) is 29.8. The summed E-state index contributed by atoms with van der Waals surface area (Å²) in [4.78, 5) is 30.0. The number of carbonyl (C=O) groups is 2. The third-order valence-corrected chi connectivity index (χ3v) is 10.7. The van der Waals surface area contributed by atoms with Gasteiger partial charge in [-0.2, -0.15) is 0 Å². The van der Waals surface area contributed by atoms with Crippen LogP contribution in [0.2, 0.25) is 15.1 Å². The number of hydrogen-bond acceptors (Lipinski definition) is 4. The molecular formula is C36H38Cl3N3O4S. The Morgan fingerprint density at radius 2 is 1.53 bits per heavy atom. The maximum absolute atomic E-state index is 14.6. The van der Waals surface area contributed by atoms with Crippen molar-refractivity contribution in [2.24, 2.45) is 0 Å². The first-order chi connectivity index (χ1) is 22.3. The van der Waals surface area contributed by atoms with Crippen molar-refractivity contribution in [2.75, 3.05) is 10.8 Å². The van der Waals surface area contributed by atoms with Crippen molar-refractivity contribution in [3.63, 3.8) is 0 Å². The van der Waals surface area contributed by atoms with E-state index in [0.29, 0.717) is 27.1 Å². The molecule has 4 aromatic rings. The summed E-state index contributed by atoms with van der Waals surface area (Å²) in [7, 11) is -4.26. The number of rotatable bonds is 13. The van der Waals surface area contributed by atoms with Gasteiger partial charge in [-0.15, -0.1) is 0 Å². The van der Waals surface area contributed by atoms with Gasteiger partial charge in [0.1, 0.15) is 12.6 Å². The van der Waals surface area contributed by atoms with Crippen LogP contribution in [-0.4, -0.2) is 43.8 Å². The van der Waals surface area contributed by atoms with Crippen LogP contribution in [0.25, 0.3) is 0 Å². The molecule has 0 unspecified atom stereocenters. The highest BCUT2D eigenvalue weighted by Gasteiger charge is 2.35. The molecule has 2 atom stereocenters. The SMILES string of the molecule is CC[C@H](C)NC(=O)[C@@H](Cc1ccccc1)N(Cc1ccc(Cl)cc1Cl)C(=O)CN(c1ccc(C)c(Cl)c1)S(=O)(=O)c1ccc(C)cc1. The van der Waals surface area contributed by atoms with Crippen LogP contribution >= 0.6 is 34.8 Å². The van der Waals surface area contributed by atoms with E-state index in [1.54, 1.807) is 49.4 Å². The summed E-state index contributed by atoms with van der Waals surface area (Å²) >= 11 is 19.2. The van der Waals surface area contributed by atoms with Crippen molar-refractivity contribution in [3.05, 3.63) is 128 Å². The van der Waals surface area contributed by atoms with Gasteiger partial charge in [0, 0.05) is 34.1 Å². The van der Waals surface area contributed by atoms with E-state index in [2.05, 4.69) is 5.32 Å². The maximum atomic E-state index is 14.6. The van der Waals surface area contributed by atoms with E-state index in [1.807, 2.05) is 51.1 Å². The normalized spacial score (nSPS) is 12.7. The van der Waals surface area contributed by atoms with Gasteiger partial charge in [-0.1, -0.05) is 102 Å². The number of halogens is 3. The minimum Gasteiger partial charge on any atom is -0.352 e. The Bertz CT molecular complexity index is 1820. The lowest BCUT2D eigenvalue weighted by Crippen LogP contribution is -2.54. The summed E-state index contributed by atoms with van der Waals surface area (Å²) in [5.41, 5.74) is 3.21. The second-order valence-corrected chi connectivity index (χ2v) is 14.7. The van der Waals surface area contributed by atoms with Gasteiger partial charge < -0.3 is 10.2 Å². The summed E-state index contributed by atoms with van der Waals surface area (Å²) in [5.74, 6) is -0.975. The summed E-state index contributed by atoms with van der Waals surface area (Å²) in [5, 5.41) is 4.09. The van der Waals surface area contributed by atoms with Crippen molar-refractivity contribution in [1.82, 2.24) is 10.2 Å². The molecule has 0 heterocycles. The van der Waals surface area contributed by atoms with Gasteiger partial charge in [-0.3, -0.25) is 13.9 Å². The Balaban J connectivity index is 1.85. The number of amides is 2. The highest BCUT2D eigenvalue weighted by molar-refractivity contribution is 7.92. The van der Waals surface area contributed by atoms with Crippen molar-refractivity contribution in [1.29, 1.82) is 0 Å². The Morgan fingerprint density at radius 1 is 0.851 bits per heavy atom. The fourth-order valence-electron chi connectivity index (χ4n) is 4.93. The van der Waals surface area contributed by atoms with Crippen LogP contribution in [0.3, 0.4) is 0 Å². The average molecular weight is 715 g/mol. The largest absolute Gasteiger partial charge is 0.352 e. The Hall–Kier alpha value is -3.56. The number of benzene rings is 4. The molecule has 4 rings (SSSR count). The summed E-state index contributed by atoms with van der Waals surface area (Å²) < 4.78 is 29.5.